The lowest BCUT2D eigenvalue weighted by Crippen LogP contribution is -2.38. The molecule has 0 atom stereocenters. The van der Waals surface area contributed by atoms with E-state index in [9.17, 15) is 19.5 Å². The van der Waals surface area contributed by atoms with Crippen LogP contribution in [0.3, 0.4) is 0 Å². The molecule has 0 bridgehead atoms. The monoisotopic (exact) mass is 546 g/mol. The highest BCUT2D eigenvalue weighted by Gasteiger charge is 2.28. The summed E-state index contributed by atoms with van der Waals surface area (Å²) < 4.78 is 1.29. The number of rotatable bonds is 4. The second-order valence-electron chi connectivity index (χ2n) is 10.1. The number of aryl methyl sites for hydroxylation is 2. The number of pyridine rings is 2. The van der Waals surface area contributed by atoms with Crippen LogP contribution in [0.25, 0.3) is 29.2 Å². The molecule has 0 spiro atoms. The van der Waals surface area contributed by atoms with E-state index >= 15 is 0 Å². The summed E-state index contributed by atoms with van der Waals surface area (Å²) in [6, 6.07) is 14.8. The highest BCUT2D eigenvalue weighted by atomic mass is 16.3. The third kappa shape index (κ3) is 4.26. The summed E-state index contributed by atoms with van der Waals surface area (Å²) in [6.45, 7) is 7.34. The Morgan fingerprint density at radius 1 is 0.805 bits per heavy atom. The minimum Gasteiger partial charge on any atom is -0.494 e. The van der Waals surface area contributed by atoms with Gasteiger partial charge in [0.25, 0.3) is 17.0 Å². The van der Waals surface area contributed by atoms with Crippen LogP contribution in [-0.4, -0.2) is 30.8 Å². The van der Waals surface area contributed by atoms with Crippen molar-refractivity contribution in [2.75, 3.05) is 5.01 Å². The highest BCUT2D eigenvalue weighted by Crippen LogP contribution is 2.30. The summed E-state index contributed by atoms with van der Waals surface area (Å²) in [6.07, 6.45) is 4.75. The zero-order chi connectivity index (χ0) is 29.0. The van der Waals surface area contributed by atoms with Crippen LogP contribution in [-0.2, 0) is 0 Å². The van der Waals surface area contributed by atoms with Crippen molar-refractivity contribution in [1.29, 1.82) is 0 Å². The van der Waals surface area contributed by atoms with Gasteiger partial charge < -0.3 is 15.1 Å². The second kappa shape index (κ2) is 9.60. The Hall–Kier alpha value is -5.51. The van der Waals surface area contributed by atoms with Crippen molar-refractivity contribution in [1.82, 2.24) is 19.7 Å². The van der Waals surface area contributed by atoms with Crippen molar-refractivity contribution in [3.63, 3.8) is 0 Å². The maximum absolute atomic E-state index is 13.2. The first kappa shape index (κ1) is 25.8. The number of fused-ring (bicyclic) bond motifs is 2. The molecule has 4 heterocycles. The van der Waals surface area contributed by atoms with Crippen LogP contribution in [0.2, 0.25) is 0 Å². The second-order valence-corrected chi connectivity index (χ2v) is 10.1. The molecule has 3 aliphatic rings. The van der Waals surface area contributed by atoms with Crippen LogP contribution >= 0.6 is 0 Å². The van der Waals surface area contributed by atoms with Crippen molar-refractivity contribution in [2.45, 2.75) is 27.7 Å². The van der Waals surface area contributed by atoms with Gasteiger partial charge in [-0.15, -0.1) is 10.2 Å². The van der Waals surface area contributed by atoms with Gasteiger partial charge in [0.05, 0.1) is 22.5 Å². The molecule has 3 N–H and O–H groups in total. The highest BCUT2D eigenvalue weighted by molar-refractivity contribution is 6.07. The minimum absolute atomic E-state index is 0.171. The van der Waals surface area contributed by atoms with E-state index in [1.165, 1.54) is 9.69 Å². The van der Waals surface area contributed by atoms with Crippen LogP contribution in [0.4, 0.5) is 5.69 Å². The van der Waals surface area contributed by atoms with E-state index in [1.54, 1.807) is 44.2 Å². The number of hydrogen-bond donors (Lipinski definition) is 3. The zero-order valence-electron chi connectivity index (χ0n) is 22.8. The summed E-state index contributed by atoms with van der Waals surface area (Å²) in [7, 11) is 0. The standard InChI is InChI=1S/C31H26N6O4/c1-16-8-12-20(13-9-16)36-30(40)24-18(3)22(28(38)32-26(24)34-36)6-5-7-23-19(4)25-27(33-29(23)39)35-37(31(25)41)21-14-10-17(2)11-15-21/h5-15H,1-4H3,(H,32,34,38)(H2,33,35,39). The number of carbonyl (C=O) groups is 1. The molecule has 10 nitrogen and oxygen atoms in total. The Kier molecular flexibility index (Phi) is 6.03. The van der Waals surface area contributed by atoms with Gasteiger partial charge in [-0.1, -0.05) is 41.5 Å². The number of benzene rings is 2. The number of allylic oxidation sites excluding steroid dienone is 1. The molecule has 10 heteroatoms. The lowest BCUT2D eigenvalue weighted by Gasteiger charge is -2.12. The molecule has 0 saturated carbocycles. The minimum atomic E-state index is -0.405. The van der Waals surface area contributed by atoms with Crippen LogP contribution in [0.1, 0.15) is 38.2 Å². The van der Waals surface area contributed by atoms with Gasteiger partial charge in [0, 0.05) is 10.8 Å². The summed E-state index contributed by atoms with van der Waals surface area (Å²) in [4.78, 5) is 44.9. The van der Waals surface area contributed by atoms with Gasteiger partial charge in [-0.25, -0.2) is 0 Å². The number of hydrogen-bond acceptors (Lipinski definition) is 6. The predicted octanol–water partition coefficient (Wildman–Crippen LogP) is 2.98. The largest absolute Gasteiger partial charge is 0.494 e. The Morgan fingerprint density at radius 2 is 1.44 bits per heavy atom. The molecule has 0 unspecified atom stereocenters. The third-order valence-corrected chi connectivity index (χ3v) is 7.30. The molecule has 1 aromatic heterocycles. The topological polar surface area (TPSA) is 136 Å². The molecular formula is C31H26N6O4. The van der Waals surface area contributed by atoms with E-state index in [-0.39, 0.29) is 33.9 Å². The number of aromatic hydroxyl groups is 1. The molecule has 0 aliphatic carbocycles. The maximum atomic E-state index is 13.2. The van der Waals surface area contributed by atoms with Gasteiger partial charge >= 0.3 is 0 Å². The van der Waals surface area contributed by atoms with Crippen LogP contribution in [0, 0.1) is 27.7 Å². The van der Waals surface area contributed by atoms with Gasteiger partial charge in [0.1, 0.15) is 0 Å². The van der Waals surface area contributed by atoms with E-state index in [4.69, 9.17) is 0 Å². The van der Waals surface area contributed by atoms with E-state index in [1.807, 2.05) is 50.2 Å². The molecule has 3 aliphatic heterocycles. The van der Waals surface area contributed by atoms with Gasteiger partial charge in [-0.3, -0.25) is 14.4 Å². The van der Waals surface area contributed by atoms with Gasteiger partial charge in [0.2, 0.25) is 0 Å². The number of amides is 1. The zero-order valence-corrected chi connectivity index (χ0v) is 22.8. The molecule has 0 saturated heterocycles. The van der Waals surface area contributed by atoms with Gasteiger partial charge in [-0.2, -0.15) is 9.69 Å². The lowest BCUT2D eigenvalue weighted by atomic mass is 10.0. The Balaban J connectivity index is 1.38. The summed E-state index contributed by atoms with van der Waals surface area (Å²) in [5.74, 6) is -0.244. The number of nitrogens with one attached hydrogen (secondary N) is 2. The molecule has 6 rings (SSSR count). The van der Waals surface area contributed by atoms with Crippen LogP contribution in [0.15, 0.2) is 69.3 Å². The number of aromatic amines is 2. The van der Waals surface area contributed by atoms with Crippen molar-refractivity contribution in [3.8, 4) is 23.0 Å². The maximum Gasteiger partial charge on any atom is 0.282 e. The normalized spacial score (nSPS) is 13.4. The van der Waals surface area contributed by atoms with E-state index in [0.29, 0.717) is 39.2 Å². The summed E-state index contributed by atoms with van der Waals surface area (Å²) in [5, 5.41) is 21.0. The summed E-state index contributed by atoms with van der Waals surface area (Å²) in [5.41, 5.74) is 4.87. The van der Waals surface area contributed by atoms with Crippen molar-refractivity contribution in [2.24, 2.45) is 5.10 Å². The fourth-order valence-corrected chi connectivity index (χ4v) is 4.99. The van der Waals surface area contributed by atoms with E-state index in [2.05, 4.69) is 20.2 Å². The van der Waals surface area contributed by atoms with Crippen LogP contribution < -0.4 is 26.8 Å². The van der Waals surface area contributed by atoms with Gasteiger partial charge in [0.15, 0.2) is 17.2 Å². The first-order chi connectivity index (χ1) is 19.6. The number of H-pyrrole nitrogens is 2. The van der Waals surface area contributed by atoms with E-state index in [0.717, 1.165) is 11.1 Å². The van der Waals surface area contributed by atoms with Gasteiger partial charge in [-0.05, 0) is 75.2 Å². The molecule has 3 aromatic rings. The lowest BCUT2D eigenvalue weighted by molar-refractivity contribution is 0.0994. The fraction of sp³-hybridized carbons (Fsp3) is 0.129. The molecule has 2 aromatic carbocycles. The van der Waals surface area contributed by atoms with Crippen molar-refractivity contribution < 1.29 is 9.90 Å². The van der Waals surface area contributed by atoms with E-state index < -0.39 is 5.56 Å². The Morgan fingerprint density at radius 3 is 2.10 bits per heavy atom. The number of carbonyl (C=O) groups excluding carboxylic acids is 1. The SMILES string of the molecule is Cc1ccc(N2N=c3[nH]c(=O)c(=CC=Cc4c(O)[nH]c5nn(-c6ccc(C)cc6)c(=O)c-5c4C)c(C)c3C2=O)cc1. The predicted molar refractivity (Wildman–Crippen MR) is 156 cm³/mol. The molecule has 204 valence electrons. The van der Waals surface area contributed by atoms with Crippen molar-refractivity contribution >= 4 is 23.7 Å². The number of aromatic nitrogens is 4. The quantitative estimate of drug-likeness (QED) is 0.318. The average Bonchev–Trinajstić information content (AvgIpc) is 3.44. The molecule has 0 fully saturated rings. The van der Waals surface area contributed by atoms with Crippen molar-refractivity contribution in [3.05, 3.63) is 119 Å². The molecule has 0 radical (unpaired) electrons. The Bertz CT molecular complexity index is 2100. The fourth-order valence-electron chi connectivity index (χ4n) is 4.99. The Labute approximate surface area is 233 Å². The smallest absolute Gasteiger partial charge is 0.282 e. The molecule has 1 amide bonds. The molecule has 41 heavy (non-hydrogen) atoms. The third-order valence-electron chi connectivity index (χ3n) is 7.30. The average molecular weight is 547 g/mol. The number of nitrogens with zero attached hydrogens (tertiary/aromatic N) is 4. The van der Waals surface area contributed by atoms with Crippen LogP contribution in [0.5, 0.6) is 5.88 Å². The first-order valence-electron chi connectivity index (χ1n) is 13.0. The number of anilines is 1. The molecular weight excluding hydrogens is 520 g/mol. The summed E-state index contributed by atoms with van der Waals surface area (Å²) >= 11 is 0. The first-order valence-corrected chi connectivity index (χ1v) is 13.0.